The van der Waals surface area contributed by atoms with Crippen molar-refractivity contribution in [2.75, 3.05) is 13.2 Å². The van der Waals surface area contributed by atoms with Gasteiger partial charge in [0.15, 0.2) is 0 Å². The summed E-state index contributed by atoms with van der Waals surface area (Å²) in [7, 11) is 0. The number of hydrogen-bond donors (Lipinski definition) is 0. The SMILES string of the molecule is CC(=CCc1ccccc1C)COCC(C)=CCc1ccccc1C. The molecule has 0 N–H and O–H groups in total. The predicted molar refractivity (Wildman–Crippen MR) is 108 cm³/mol. The molecule has 0 atom stereocenters. The monoisotopic (exact) mass is 334 g/mol. The van der Waals surface area contributed by atoms with E-state index in [9.17, 15) is 0 Å². The van der Waals surface area contributed by atoms with E-state index >= 15 is 0 Å². The Morgan fingerprint density at radius 1 is 0.720 bits per heavy atom. The van der Waals surface area contributed by atoms with Crippen molar-refractivity contribution in [3.8, 4) is 0 Å². The molecule has 0 amide bonds. The summed E-state index contributed by atoms with van der Waals surface area (Å²) in [5.41, 5.74) is 8.04. The molecule has 1 heteroatoms. The van der Waals surface area contributed by atoms with Crippen LogP contribution in [0.25, 0.3) is 0 Å². The topological polar surface area (TPSA) is 9.23 Å². The first kappa shape index (κ1) is 19.2. The lowest BCUT2D eigenvalue weighted by atomic mass is 10.0. The molecule has 0 bridgehead atoms. The summed E-state index contributed by atoms with van der Waals surface area (Å²) in [5.74, 6) is 0. The molecule has 132 valence electrons. The Bertz CT molecular complexity index is 674. The highest BCUT2D eigenvalue weighted by Gasteiger charge is 1.98. The third kappa shape index (κ3) is 6.72. The Balaban J connectivity index is 1.75. The van der Waals surface area contributed by atoms with E-state index in [4.69, 9.17) is 4.74 Å². The molecule has 2 aromatic rings. The number of rotatable bonds is 8. The van der Waals surface area contributed by atoms with Crippen LogP contribution in [-0.4, -0.2) is 13.2 Å². The van der Waals surface area contributed by atoms with Crippen LogP contribution < -0.4 is 0 Å². The minimum absolute atomic E-state index is 0.696. The minimum Gasteiger partial charge on any atom is -0.373 e. The minimum atomic E-state index is 0.696. The van der Waals surface area contributed by atoms with Crippen molar-refractivity contribution >= 4 is 0 Å². The number of ether oxygens (including phenoxy) is 1. The van der Waals surface area contributed by atoms with Gasteiger partial charge in [0.25, 0.3) is 0 Å². The fraction of sp³-hybridized carbons (Fsp3) is 0.333. The molecule has 0 aliphatic rings. The van der Waals surface area contributed by atoms with Crippen molar-refractivity contribution in [1.82, 2.24) is 0 Å². The Morgan fingerprint density at radius 3 is 1.52 bits per heavy atom. The summed E-state index contributed by atoms with van der Waals surface area (Å²) in [6, 6.07) is 17.1. The van der Waals surface area contributed by atoms with Crippen LogP contribution in [0.4, 0.5) is 0 Å². The van der Waals surface area contributed by atoms with Crippen LogP contribution in [0.5, 0.6) is 0 Å². The van der Waals surface area contributed by atoms with E-state index in [1.807, 2.05) is 0 Å². The fourth-order valence-corrected chi connectivity index (χ4v) is 2.74. The van der Waals surface area contributed by atoms with E-state index in [1.165, 1.54) is 33.4 Å². The van der Waals surface area contributed by atoms with E-state index in [2.05, 4.69) is 88.4 Å². The van der Waals surface area contributed by atoms with Crippen molar-refractivity contribution in [2.24, 2.45) is 0 Å². The molecule has 0 unspecified atom stereocenters. The average Bonchev–Trinajstić information content (AvgIpc) is 2.60. The number of aryl methyl sites for hydroxylation is 2. The molecule has 0 saturated carbocycles. The van der Waals surface area contributed by atoms with Crippen LogP contribution in [0, 0.1) is 13.8 Å². The maximum absolute atomic E-state index is 5.86. The van der Waals surface area contributed by atoms with Gasteiger partial charge in [0.05, 0.1) is 13.2 Å². The Morgan fingerprint density at radius 2 is 1.12 bits per heavy atom. The zero-order valence-corrected chi connectivity index (χ0v) is 16.0. The van der Waals surface area contributed by atoms with Gasteiger partial charge in [0, 0.05) is 0 Å². The van der Waals surface area contributed by atoms with E-state index in [1.54, 1.807) is 0 Å². The summed E-state index contributed by atoms with van der Waals surface area (Å²) in [6.07, 6.45) is 6.50. The van der Waals surface area contributed by atoms with Gasteiger partial charge in [0.1, 0.15) is 0 Å². The van der Waals surface area contributed by atoms with Gasteiger partial charge in [-0.05, 0) is 62.8 Å². The second kappa shape index (κ2) is 10.0. The highest BCUT2D eigenvalue weighted by molar-refractivity contribution is 5.29. The molecule has 0 radical (unpaired) electrons. The molecule has 1 nitrogen and oxygen atoms in total. The van der Waals surface area contributed by atoms with Gasteiger partial charge < -0.3 is 4.74 Å². The molecule has 0 heterocycles. The zero-order chi connectivity index (χ0) is 18.1. The highest BCUT2D eigenvalue weighted by atomic mass is 16.5. The van der Waals surface area contributed by atoms with E-state index < -0.39 is 0 Å². The molecule has 0 aliphatic heterocycles. The zero-order valence-electron chi connectivity index (χ0n) is 16.0. The molecule has 0 fully saturated rings. The molecule has 0 saturated heterocycles. The predicted octanol–water partition coefficient (Wildman–Crippen LogP) is 6.00. The van der Waals surface area contributed by atoms with Gasteiger partial charge in [-0.15, -0.1) is 0 Å². The smallest absolute Gasteiger partial charge is 0.0678 e. The molecule has 2 rings (SSSR count). The molecule has 0 spiro atoms. The number of hydrogen-bond acceptors (Lipinski definition) is 1. The summed E-state index contributed by atoms with van der Waals surface area (Å²) < 4.78 is 5.86. The lowest BCUT2D eigenvalue weighted by Gasteiger charge is -2.07. The van der Waals surface area contributed by atoms with Gasteiger partial charge in [-0.2, -0.15) is 0 Å². The van der Waals surface area contributed by atoms with E-state index in [0.717, 1.165) is 12.8 Å². The first-order valence-electron chi connectivity index (χ1n) is 9.04. The van der Waals surface area contributed by atoms with E-state index in [0.29, 0.717) is 13.2 Å². The van der Waals surface area contributed by atoms with Crippen molar-refractivity contribution in [3.63, 3.8) is 0 Å². The van der Waals surface area contributed by atoms with Gasteiger partial charge in [-0.3, -0.25) is 0 Å². The Kier molecular flexibility index (Phi) is 7.69. The molecule has 0 aromatic heterocycles. The largest absolute Gasteiger partial charge is 0.373 e. The van der Waals surface area contributed by atoms with Crippen LogP contribution in [0.15, 0.2) is 71.8 Å². The van der Waals surface area contributed by atoms with Crippen molar-refractivity contribution in [1.29, 1.82) is 0 Å². The maximum atomic E-state index is 5.86. The van der Waals surface area contributed by atoms with Crippen molar-refractivity contribution in [3.05, 3.63) is 94.1 Å². The molecule has 0 aliphatic carbocycles. The lowest BCUT2D eigenvalue weighted by Crippen LogP contribution is -2.00. The summed E-state index contributed by atoms with van der Waals surface area (Å²) in [5, 5.41) is 0. The summed E-state index contributed by atoms with van der Waals surface area (Å²) >= 11 is 0. The number of benzene rings is 2. The molecule has 2 aromatic carbocycles. The Labute approximate surface area is 153 Å². The Hall–Kier alpha value is -2.12. The fourth-order valence-electron chi connectivity index (χ4n) is 2.74. The summed E-state index contributed by atoms with van der Waals surface area (Å²) in [4.78, 5) is 0. The second-order valence-corrected chi connectivity index (χ2v) is 6.85. The highest BCUT2D eigenvalue weighted by Crippen LogP contribution is 2.11. The van der Waals surface area contributed by atoms with Crippen molar-refractivity contribution < 1.29 is 4.74 Å². The normalized spacial score (nSPS) is 12.5. The standard InChI is InChI=1S/C24H30O/c1-19(13-15-23-11-7-5-9-21(23)3)17-25-18-20(2)14-16-24-12-8-6-10-22(24)4/h5-14H,15-18H2,1-4H3. The van der Waals surface area contributed by atoms with Crippen LogP contribution in [0.1, 0.15) is 36.1 Å². The quantitative estimate of drug-likeness (QED) is 0.538. The first-order chi connectivity index (χ1) is 12.1. The lowest BCUT2D eigenvalue weighted by molar-refractivity contribution is 0.179. The van der Waals surface area contributed by atoms with Crippen LogP contribution in [0.3, 0.4) is 0 Å². The van der Waals surface area contributed by atoms with Crippen LogP contribution >= 0.6 is 0 Å². The summed E-state index contributed by atoms with van der Waals surface area (Å²) in [6.45, 7) is 10.0. The molecular weight excluding hydrogens is 304 g/mol. The van der Waals surface area contributed by atoms with Gasteiger partial charge in [-0.1, -0.05) is 71.8 Å². The van der Waals surface area contributed by atoms with Gasteiger partial charge >= 0.3 is 0 Å². The van der Waals surface area contributed by atoms with Crippen LogP contribution in [-0.2, 0) is 17.6 Å². The molecular formula is C24H30O. The maximum Gasteiger partial charge on any atom is 0.0678 e. The van der Waals surface area contributed by atoms with E-state index in [-0.39, 0.29) is 0 Å². The van der Waals surface area contributed by atoms with Crippen molar-refractivity contribution in [2.45, 2.75) is 40.5 Å². The van der Waals surface area contributed by atoms with Gasteiger partial charge in [-0.25, -0.2) is 0 Å². The third-order valence-electron chi connectivity index (χ3n) is 4.52. The second-order valence-electron chi connectivity index (χ2n) is 6.85. The van der Waals surface area contributed by atoms with Gasteiger partial charge in [0.2, 0.25) is 0 Å². The molecule has 25 heavy (non-hydrogen) atoms. The number of allylic oxidation sites excluding steroid dienone is 2. The first-order valence-corrected chi connectivity index (χ1v) is 9.04. The average molecular weight is 335 g/mol. The van der Waals surface area contributed by atoms with Crippen LogP contribution in [0.2, 0.25) is 0 Å². The third-order valence-corrected chi connectivity index (χ3v) is 4.52.